The first-order valence-electron chi connectivity index (χ1n) is 9.80. The first kappa shape index (κ1) is 23.2. The number of benzene rings is 1. The quantitative estimate of drug-likeness (QED) is 0.619. The number of rotatable bonds is 9. The largest absolute Gasteiger partial charge is 0.342 e. The van der Waals surface area contributed by atoms with Crippen molar-refractivity contribution in [2.24, 2.45) is 0 Å². The molecular formula is C19H29FN4O4S. The van der Waals surface area contributed by atoms with Gasteiger partial charge in [-0.2, -0.15) is 0 Å². The minimum absolute atomic E-state index is 0.0286. The molecule has 2 amide bonds. The van der Waals surface area contributed by atoms with Crippen molar-refractivity contribution in [3.63, 3.8) is 0 Å². The number of hydrogen-bond acceptors (Lipinski definition) is 5. The number of piperazine rings is 1. The maximum absolute atomic E-state index is 12.9. The molecule has 1 fully saturated rings. The molecule has 2 rings (SSSR count). The van der Waals surface area contributed by atoms with E-state index in [-0.39, 0.29) is 29.7 Å². The van der Waals surface area contributed by atoms with E-state index in [9.17, 15) is 22.4 Å². The Labute approximate surface area is 171 Å². The van der Waals surface area contributed by atoms with E-state index in [2.05, 4.69) is 4.72 Å². The number of halogens is 1. The van der Waals surface area contributed by atoms with Crippen molar-refractivity contribution in [1.29, 1.82) is 0 Å². The Hall–Kier alpha value is -2.04. The highest BCUT2D eigenvalue weighted by atomic mass is 32.2. The van der Waals surface area contributed by atoms with Crippen LogP contribution in [0.3, 0.4) is 0 Å². The van der Waals surface area contributed by atoms with Crippen LogP contribution in [-0.4, -0.2) is 87.3 Å². The summed E-state index contributed by atoms with van der Waals surface area (Å²) in [6.45, 7) is 7.82. The molecule has 1 aliphatic rings. The zero-order valence-electron chi connectivity index (χ0n) is 16.9. The van der Waals surface area contributed by atoms with Crippen LogP contribution in [0.5, 0.6) is 0 Å². The molecule has 0 bridgehead atoms. The molecule has 0 atom stereocenters. The highest BCUT2D eigenvalue weighted by Crippen LogP contribution is 2.10. The molecule has 0 spiro atoms. The predicted octanol–water partition coefficient (Wildman–Crippen LogP) is 0.507. The van der Waals surface area contributed by atoms with Gasteiger partial charge in [0.25, 0.3) is 0 Å². The summed E-state index contributed by atoms with van der Waals surface area (Å²) in [7, 11) is -3.78. The number of likely N-dealkylation sites (N-methyl/N-ethyl adjacent to an activating group) is 1. The summed E-state index contributed by atoms with van der Waals surface area (Å²) in [5.41, 5.74) is 0. The number of carbonyl (C=O) groups excluding carboxylic acids is 2. The van der Waals surface area contributed by atoms with Gasteiger partial charge in [-0.1, -0.05) is 0 Å². The number of hydrogen-bond donors (Lipinski definition) is 1. The number of nitrogens with one attached hydrogen (secondary N) is 1. The first-order chi connectivity index (χ1) is 13.8. The fourth-order valence-electron chi connectivity index (χ4n) is 3.17. The maximum Gasteiger partial charge on any atom is 0.240 e. The minimum Gasteiger partial charge on any atom is -0.342 e. The fraction of sp³-hybridized carbons (Fsp3) is 0.579. The number of nitrogens with zero attached hydrogens (tertiary/aromatic N) is 3. The summed E-state index contributed by atoms with van der Waals surface area (Å²) in [5, 5.41) is 0. The van der Waals surface area contributed by atoms with Gasteiger partial charge in [-0.05, 0) is 38.1 Å². The lowest BCUT2D eigenvalue weighted by Crippen LogP contribution is -2.51. The zero-order chi connectivity index (χ0) is 21.4. The summed E-state index contributed by atoms with van der Waals surface area (Å²) in [6.07, 6.45) is 0.0405. The SMILES string of the molecule is CCN(CC)C(=O)CN1CCN(C(=O)CCNS(=O)(=O)c2ccc(F)cc2)CC1. The van der Waals surface area contributed by atoms with Crippen molar-refractivity contribution in [2.45, 2.75) is 25.2 Å². The van der Waals surface area contributed by atoms with Crippen LogP contribution in [0.2, 0.25) is 0 Å². The molecule has 8 nitrogen and oxygen atoms in total. The molecule has 0 aliphatic carbocycles. The summed E-state index contributed by atoms with van der Waals surface area (Å²) >= 11 is 0. The lowest BCUT2D eigenvalue weighted by atomic mass is 10.2. The third kappa shape index (κ3) is 6.76. The van der Waals surface area contributed by atoms with Crippen molar-refractivity contribution >= 4 is 21.8 Å². The van der Waals surface area contributed by atoms with E-state index >= 15 is 0 Å². The number of carbonyl (C=O) groups is 2. The van der Waals surface area contributed by atoms with Crippen LogP contribution >= 0.6 is 0 Å². The predicted molar refractivity (Wildman–Crippen MR) is 107 cm³/mol. The van der Waals surface area contributed by atoms with E-state index in [0.717, 1.165) is 12.1 Å². The van der Waals surface area contributed by atoms with Gasteiger partial charge in [0.15, 0.2) is 0 Å². The van der Waals surface area contributed by atoms with Gasteiger partial charge in [0.05, 0.1) is 11.4 Å². The minimum atomic E-state index is -3.78. The Bertz CT molecular complexity index is 789. The molecule has 0 radical (unpaired) electrons. The highest BCUT2D eigenvalue weighted by molar-refractivity contribution is 7.89. The molecule has 0 saturated carbocycles. The normalized spacial score (nSPS) is 15.3. The van der Waals surface area contributed by atoms with Crippen molar-refractivity contribution in [3.05, 3.63) is 30.1 Å². The second-order valence-electron chi connectivity index (χ2n) is 6.82. The molecule has 1 N–H and O–H groups in total. The second-order valence-corrected chi connectivity index (χ2v) is 8.59. The Morgan fingerprint density at radius 3 is 2.21 bits per heavy atom. The Morgan fingerprint density at radius 2 is 1.66 bits per heavy atom. The van der Waals surface area contributed by atoms with Crippen LogP contribution in [0, 0.1) is 5.82 Å². The van der Waals surface area contributed by atoms with Gasteiger partial charge in [-0.25, -0.2) is 17.5 Å². The maximum atomic E-state index is 12.9. The lowest BCUT2D eigenvalue weighted by Gasteiger charge is -2.35. The molecule has 0 unspecified atom stereocenters. The van der Waals surface area contributed by atoms with E-state index in [4.69, 9.17) is 0 Å². The van der Waals surface area contributed by atoms with Gasteiger partial charge in [-0.3, -0.25) is 14.5 Å². The summed E-state index contributed by atoms with van der Waals surface area (Å²) in [4.78, 5) is 30.0. The van der Waals surface area contributed by atoms with Gasteiger partial charge in [0.1, 0.15) is 5.82 Å². The van der Waals surface area contributed by atoms with Crippen molar-refractivity contribution in [3.8, 4) is 0 Å². The molecule has 0 aromatic heterocycles. The Morgan fingerprint density at radius 1 is 1.07 bits per heavy atom. The molecule has 29 heavy (non-hydrogen) atoms. The van der Waals surface area contributed by atoms with E-state index in [1.54, 1.807) is 9.80 Å². The average molecular weight is 429 g/mol. The molecule has 162 valence electrons. The van der Waals surface area contributed by atoms with Crippen LogP contribution in [-0.2, 0) is 19.6 Å². The molecule has 1 aromatic rings. The standard InChI is InChI=1S/C19H29FN4O4S/c1-3-23(4-2)19(26)15-22-11-13-24(14-12-22)18(25)9-10-21-29(27,28)17-7-5-16(20)6-8-17/h5-8,21H,3-4,9-15H2,1-2H3. The van der Waals surface area contributed by atoms with Gasteiger partial charge in [0, 0.05) is 52.2 Å². The van der Waals surface area contributed by atoms with Gasteiger partial charge in [-0.15, -0.1) is 0 Å². The molecule has 10 heteroatoms. The third-order valence-electron chi connectivity index (χ3n) is 4.95. The molecular weight excluding hydrogens is 399 g/mol. The van der Waals surface area contributed by atoms with Crippen LogP contribution < -0.4 is 4.72 Å². The van der Waals surface area contributed by atoms with E-state index in [1.807, 2.05) is 18.7 Å². The van der Waals surface area contributed by atoms with Gasteiger partial charge < -0.3 is 9.80 Å². The number of sulfonamides is 1. The van der Waals surface area contributed by atoms with Crippen LogP contribution in [0.15, 0.2) is 29.2 Å². The zero-order valence-corrected chi connectivity index (χ0v) is 17.8. The molecule has 1 heterocycles. The van der Waals surface area contributed by atoms with Gasteiger partial charge in [0.2, 0.25) is 21.8 Å². The molecule has 1 aromatic carbocycles. The monoisotopic (exact) mass is 428 g/mol. The van der Waals surface area contributed by atoms with Crippen LogP contribution in [0.1, 0.15) is 20.3 Å². The van der Waals surface area contributed by atoms with E-state index in [1.165, 1.54) is 12.1 Å². The summed E-state index contributed by atoms with van der Waals surface area (Å²) in [6, 6.07) is 4.50. The second kappa shape index (κ2) is 10.7. The Kier molecular flexibility index (Phi) is 8.54. The van der Waals surface area contributed by atoms with E-state index < -0.39 is 15.8 Å². The van der Waals surface area contributed by atoms with Crippen LogP contribution in [0.4, 0.5) is 4.39 Å². The topological polar surface area (TPSA) is 90.0 Å². The Balaban J connectivity index is 1.74. The van der Waals surface area contributed by atoms with E-state index in [0.29, 0.717) is 45.8 Å². The van der Waals surface area contributed by atoms with Crippen molar-refractivity contribution in [2.75, 3.05) is 52.4 Å². The van der Waals surface area contributed by atoms with Gasteiger partial charge >= 0.3 is 0 Å². The average Bonchev–Trinajstić information content (AvgIpc) is 2.69. The van der Waals surface area contributed by atoms with Crippen molar-refractivity contribution < 1.29 is 22.4 Å². The summed E-state index contributed by atoms with van der Waals surface area (Å²) < 4.78 is 39.6. The third-order valence-corrected chi connectivity index (χ3v) is 6.43. The fourth-order valence-corrected chi connectivity index (χ4v) is 4.20. The first-order valence-corrected chi connectivity index (χ1v) is 11.3. The lowest BCUT2D eigenvalue weighted by molar-refractivity contribution is -0.134. The van der Waals surface area contributed by atoms with Crippen molar-refractivity contribution in [1.82, 2.24) is 19.4 Å². The van der Waals surface area contributed by atoms with Crippen LogP contribution in [0.25, 0.3) is 0 Å². The molecule has 1 aliphatic heterocycles. The highest BCUT2D eigenvalue weighted by Gasteiger charge is 2.24. The smallest absolute Gasteiger partial charge is 0.240 e. The summed E-state index contributed by atoms with van der Waals surface area (Å²) in [5.74, 6) is -0.566. The molecule has 1 saturated heterocycles. The number of amides is 2.